The second-order valence-corrected chi connectivity index (χ2v) is 12.0. The summed E-state index contributed by atoms with van der Waals surface area (Å²) in [6, 6.07) is 46.7. The first kappa shape index (κ1) is 25.7. The maximum atomic E-state index is 6.66. The molecule has 0 aliphatic carbocycles. The number of rotatable bonds is 4. The van der Waals surface area contributed by atoms with Crippen molar-refractivity contribution in [2.75, 3.05) is 0 Å². The number of para-hydroxylation sites is 3. The van der Waals surface area contributed by atoms with Crippen LogP contribution in [0.25, 0.3) is 83.0 Å². The molecule has 0 N–H and O–H groups in total. The average molecular weight is 580 g/mol. The van der Waals surface area contributed by atoms with Crippen LogP contribution in [0.2, 0.25) is 0 Å². The number of furan rings is 1. The molecule has 0 saturated heterocycles. The van der Waals surface area contributed by atoms with Crippen LogP contribution >= 0.6 is 0 Å². The van der Waals surface area contributed by atoms with Gasteiger partial charge in [-0.25, -0.2) is 9.97 Å². The van der Waals surface area contributed by atoms with Gasteiger partial charge >= 0.3 is 0 Å². The van der Waals surface area contributed by atoms with Gasteiger partial charge in [0.2, 0.25) is 5.71 Å². The molecule has 0 bridgehead atoms. The van der Waals surface area contributed by atoms with Crippen molar-refractivity contribution in [3.05, 3.63) is 139 Å². The standard InChI is InChI=1S/C41H29N3O/c1-25(2)37-29-17-8-6-15-27(29)28-16-7-9-18-30(28)38(37)44-36-22-11-10-21-35(36)42-40(44)33-20-12-19-31-32-23-24-34(26-13-4-3-5-14-26)43-41(32)45-39(31)33/h3-25H,1-2H3. The Kier molecular flexibility index (Phi) is 5.66. The zero-order valence-corrected chi connectivity index (χ0v) is 25.0. The third-order valence-electron chi connectivity index (χ3n) is 8.98. The normalized spacial score (nSPS) is 12.0. The maximum Gasteiger partial charge on any atom is 0.227 e. The summed E-state index contributed by atoms with van der Waals surface area (Å²) >= 11 is 0. The van der Waals surface area contributed by atoms with E-state index in [-0.39, 0.29) is 5.92 Å². The minimum Gasteiger partial charge on any atom is -0.437 e. The highest BCUT2D eigenvalue weighted by atomic mass is 16.3. The maximum absolute atomic E-state index is 6.66. The molecule has 0 amide bonds. The summed E-state index contributed by atoms with van der Waals surface area (Å²) in [5.41, 5.74) is 8.78. The van der Waals surface area contributed by atoms with Crippen LogP contribution in [0.1, 0.15) is 25.3 Å². The highest BCUT2D eigenvalue weighted by Crippen LogP contribution is 2.44. The van der Waals surface area contributed by atoms with Gasteiger partial charge in [-0.2, -0.15) is 0 Å². The van der Waals surface area contributed by atoms with Gasteiger partial charge in [-0.1, -0.05) is 117 Å². The van der Waals surface area contributed by atoms with E-state index in [2.05, 4.69) is 134 Å². The largest absolute Gasteiger partial charge is 0.437 e. The van der Waals surface area contributed by atoms with Crippen molar-refractivity contribution in [2.45, 2.75) is 19.8 Å². The molecular formula is C41H29N3O. The van der Waals surface area contributed by atoms with Gasteiger partial charge in [-0.05, 0) is 58.0 Å². The first-order chi connectivity index (χ1) is 22.2. The van der Waals surface area contributed by atoms with Gasteiger partial charge in [0.25, 0.3) is 0 Å². The number of aromatic nitrogens is 3. The van der Waals surface area contributed by atoms with E-state index in [0.29, 0.717) is 5.71 Å². The molecule has 0 saturated carbocycles. The lowest BCUT2D eigenvalue weighted by atomic mass is 9.89. The monoisotopic (exact) mass is 579 g/mol. The molecule has 0 fully saturated rings. The molecule has 3 heterocycles. The summed E-state index contributed by atoms with van der Waals surface area (Å²) in [5.74, 6) is 1.12. The average Bonchev–Trinajstić information content (AvgIpc) is 3.66. The highest BCUT2D eigenvalue weighted by Gasteiger charge is 2.25. The predicted molar refractivity (Wildman–Crippen MR) is 186 cm³/mol. The van der Waals surface area contributed by atoms with Crippen LogP contribution in [0.3, 0.4) is 0 Å². The number of nitrogens with zero attached hydrogens (tertiary/aromatic N) is 3. The van der Waals surface area contributed by atoms with Gasteiger partial charge in [-0.3, -0.25) is 4.57 Å². The fourth-order valence-corrected chi connectivity index (χ4v) is 7.03. The lowest BCUT2D eigenvalue weighted by Gasteiger charge is -2.22. The van der Waals surface area contributed by atoms with E-state index in [9.17, 15) is 0 Å². The van der Waals surface area contributed by atoms with E-state index in [1.807, 2.05) is 18.2 Å². The Morgan fingerprint density at radius 2 is 1.22 bits per heavy atom. The molecule has 0 atom stereocenters. The molecule has 4 heteroatoms. The molecule has 0 aliphatic heterocycles. The molecule has 0 spiro atoms. The van der Waals surface area contributed by atoms with Gasteiger partial charge in [0.05, 0.1) is 28.0 Å². The van der Waals surface area contributed by atoms with Gasteiger partial charge in [0, 0.05) is 21.7 Å². The van der Waals surface area contributed by atoms with E-state index in [1.54, 1.807) is 0 Å². The zero-order valence-electron chi connectivity index (χ0n) is 25.0. The van der Waals surface area contributed by atoms with Crippen LogP contribution < -0.4 is 0 Å². The summed E-state index contributed by atoms with van der Waals surface area (Å²) in [5, 5.41) is 7.00. The highest BCUT2D eigenvalue weighted by molar-refractivity contribution is 6.15. The van der Waals surface area contributed by atoms with Crippen LogP contribution in [0.4, 0.5) is 0 Å². The van der Waals surface area contributed by atoms with E-state index in [1.165, 1.54) is 32.8 Å². The lowest BCUT2D eigenvalue weighted by Crippen LogP contribution is -2.06. The number of pyridine rings is 1. The summed E-state index contributed by atoms with van der Waals surface area (Å²) in [6.45, 7) is 4.57. The van der Waals surface area contributed by atoms with Gasteiger partial charge in [-0.15, -0.1) is 0 Å². The summed E-state index contributed by atoms with van der Waals surface area (Å²) in [6.07, 6.45) is 0. The molecule has 3 aromatic heterocycles. The van der Waals surface area contributed by atoms with Crippen LogP contribution in [-0.2, 0) is 0 Å². The van der Waals surface area contributed by atoms with Gasteiger partial charge in [0.1, 0.15) is 11.4 Å². The molecule has 4 nitrogen and oxygen atoms in total. The predicted octanol–water partition coefficient (Wildman–Crippen LogP) is 11.1. The quantitative estimate of drug-likeness (QED) is 0.195. The Morgan fingerprint density at radius 1 is 0.556 bits per heavy atom. The Balaban J connectivity index is 1.39. The molecule has 45 heavy (non-hydrogen) atoms. The summed E-state index contributed by atoms with van der Waals surface area (Å²) < 4.78 is 9.02. The van der Waals surface area contributed by atoms with Crippen LogP contribution in [0.15, 0.2) is 138 Å². The van der Waals surface area contributed by atoms with Crippen molar-refractivity contribution in [3.63, 3.8) is 0 Å². The molecule has 0 aliphatic rings. The SMILES string of the molecule is CC(C)c1c(-n2c(-c3cccc4c3oc3nc(-c5ccccc5)ccc34)nc3ccccc32)c2ccccc2c2ccccc12. The topological polar surface area (TPSA) is 43.9 Å². The van der Waals surface area contributed by atoms with Crippen molar-refractivity contribution < 1.29 is 4.42 Å². The van der Waals surface area contributed by atoms with E-state index in [4.69, 9.17) is 14.4 Å². The van der Waals surface area contributed by atoms with Gasteiger partial charge < -0.3 is 4.42 Å². The zero-order chi connectivity index (χ0) is 30.1. The summed E-state index contributed by atoms with van der Waals surface area (Å²) in [7, 11) is 0. The van der Waals surface area contributed by atoms with Gasteiger partial charge in [0.15, 0.2) is 0 Å². The van der Waals surface area contributed by atoms with E-state index >= 15 is 0 Å². The Bertz CT molecular complexity index is 2570. The first-order valence-corrected chi connectivity index (χ1v) is 15.5. The van der Waals surface area contributed by atoms with Crippen molar-refractivity contribution in [2.24, 2.45) is 0 Å². The Morgan fingerprint density at radius 3 is 2.02 bits per heavy atom. The molecule has 0 unspecified atom stereocenters. The Hall–Kier alpha value is -5.74. The summed E-state index contributed by atoms with van der Waals surface area (Å²) in [4.78, 5) is 10.3. The number of hydrogen-bond acceptors (Lipinski definition) is 3. The number of benzene rings is 6. The molecule has 0 radical (unpaired) electrons. The van der Waals surface area contributed by atoms with Crippen molar-refractivity contribution >= 4 is 54.6 Å². The smallest absolute Gasteiger partial charge is 0.227 e. The lowest BCUT2D eigenvalue weighted by molar-refractivity contribution is 0.655. The third kappa shape index (κ3) is 3.85. The van der Waals surface area contributed by atoms with E-state index in [0.717, 1.165) is 50.0 Å². The molecule has 214 valence electrons. The third-order valence-corrected chi connectivity index (χ3v) is 8.98. The van der Waals surface area contributed by atoms with Crippen molar-refractivity contribution in [3.8, 4) is 28.3 Å². The molecule has 9 aromatic rings. The van der Waals surface area contributed by atoms with Crippen LogP contribution in [0, 0.1) is 0 Å². The second kappa shape index (κ2) is 9.90. The fourth-order valence-electron chi connectivity index (χ4n) is 7.03. The first-order valence-electron chi connectivity index (χ1n) is 15.5. The second-order valence-electron chi connectivity index (χ2n) is 12.0. The minimum atomic E-state index is 0.270. The number of hydrogen-bond donors (Lipinski definition) is 0. The number of fused-ring (bicyclic) bond motifs is 7. The fraction of sp³-hybridized carbons (Fsp3) is 0.0732. The van der Waals surface area contributed by atoms with E-state index < -0.39 is 0 Å². The van der Waals surface area contributed by atoms with Crippen LogP contribution in [-0.4, -0.2) is 14.5 Å². The van der Waals surface area contributed by atoms with Crippen molar-refractivity contribution in [1.29, 1.82) is 0 Å². The van der Waals surface area contributed by atoms with Crippen molar-refractivity contribution in [1.82, 2.24) is 14.5 Å². The van der Waals surface area contributed by atoms with Crippen LogP contribution in [0.5, 0.6) is 0 Å². The Labute approximate surface area is 260 Å². The minimum absolute atomic E-state index is 0.270. The molecule has 6 aromatic carbocycles. The molecular weight excluding hydrogens is 550 g/mol. The number of imidazole rings is 1. The molecule has 9 rings (SSSR count).